The number of fused-ring (bicyclic) bond motifs is 1. The lowest BCUT2D eigenvalue weighted by molar-refractivity contribution is 0.186. The quantitative estimate of drug-likeness (QED) is 0.909. The molecule has 1 N–H and O–H groups in total. The van der Waals surface area contributed by atoms with Crippen LogP contribution in [0.25, 0.3) is 11.0 Å². The number of carbonyl (C=O) groups excluding carboxylic acids is 1. The minimum Gasteiger partial charge on any atom is -0.383 e. The lowest BCUT2D eigenvalue weighted by Crippen LogP contribution is -2.38. The first-order valence-electron chi connectivity index (χ1n) is 8.06. The third-order valence-electron chi connectivity index (χ3n) is 4.27. The maximum atomic E-state index is 12.0. The van der Waals surface area contributed by atoms with E-state index < -0.39 is 0 Å². The highest BCUT2D eigenvalue weighted by Crippen LogP contribution is 2.29. The van der Waals surface area contributed by atoms with Gasteiger partial charge in [-0.25, -0.2) is 9.78 Å². The average Bonchev–Trinajstić information content (AvgIpc) is 3.18. The number of carbonyl (C=O) groups is 1. The van der Waals surface area contributed by atoms with Gasteiger partial charge in [0.15, 0.2) is 0 Å². The van der Waals surface area contributed by atoms with Crippen molar-refractivity contribution in [2.45, 2.75) is 25.8 Å². The van der Waals surface area contributed by atoms with Crippen molar-refractivity contribution < 1.29 is 9.53 Å². The number of imidazole rings is 1. The number of nitrogens with one attached hydrogen (secondary N) is 1. The van der Waals surface area contributed by atoms with Gasteiger partial charge in [-0.3, -0.25) is 4.98 Å². The lowest BCUT2D eigenvalue weighted by Gasteiger charge is -2.17. The highest BCUT2D eigenvalue weighted by Gasteiger charge is 2.30. The molecule has 1 saturated heterocycles. The van der Waals surface area contributed by atoms with E-state index in [4.69, 9.17) is 9.72 Å². The number of urea groups is 1. The molecule has 3 heterocycles. The Labute approximate surface area is 135 Å². The Morgan fingerprint density at radius 2 is 2.39 bits per heavy atom. The van der Waals surface area contributed by atoms with Gasteiger partial charge in [0.25, 0.3) is 0 Å². The highest BCUT2D eigenvalue weighted by atomic mass is 16.5. The Hall–Kier alpha value is -2.15. The fourth-order valence-electron chi connectivity index (χ4n) is 3.14. The van der Waals surface area contributed by atoms with Gasteiger partial charge in [0.05, 0.1) is 23.8 Å². The number of pyridine rings is 1. The van der Waals surface area contributed by atoms with Crippen LogP contribution in [-0.4, -0.2) is 58.8 Å². The third kappa shape index (κ3) is 3.14. The monoisotopic (exact) mass is 317 g/mol. The van der Waals surface area contributed by atoms with Crippen LogP contribution in [0.4, 0.5) is 4.79 Å². The van der Waals surface area contributed by atoms with Crippen LogP contribution >= 0.6 is 0 Å². The highest BCUT2D eigenvalue weighted by molar-refractivity contribution is 5.76. The zero-order valence-corrected chi connectivity index (χ0v) is 13.7. The van der Waals surface area contributed by atoms with Crippen LogP contribution in [0.3, 0.4) is 0 Å². The Morgan fingerprint density at radius 3 is 3.17 bits per heavy atom. The molecule has 0 radical (unpaired) electrons. The maximum absolute atomic E-state index is 12.0. The molecule has 7 heteroatoms. The molecule has 23 heavy (non-hydrogen) atoms. The van der Waals surface area contributed by atoms with E-state index in [0.29, 0.717) is 19.7 Å². The summed E-state index contributed by atoms with van der Waals surface area (Å²) in [7, 11) is 1.70. The van der Waals surface area contributed by atoms with Gasteiger partial charge in [0, 0.05) is 45.4 Å². The van der Waals surface area contributed by atoms with E-state index in [1.165, 1.54) is 0 Å². The van der Waals surface area contributed by atoms with Crippen molar-refractivity contribution in [3.8, 4) is 0 Å². The normalized spacial score (nSPS) is 17.8. The smallest absolute Gasteiger partial charge is 0.317 e. The number of nitrogens with zero attached hydrogens (tertiary/aromatic N) is 4. The van der Waals surface area contributed by atoms with Gasteiger partial charge in [-0.15, -0.1) is 0 Å². The molecule has 3 rings (SSSR count). The molecule has 2 amide bonds. The summed E-state index contributed by atoms with van der Waals surface area (Å²) in [5.74, 6) is 1.28. The van der Waals surface area contributed by atoms with Gasteiger partial charge < -0.3 is 19.5 Å². The molecular formula is C16H23N5O2. The first-order chi connectivity index (χ1) is 11.2. The first kappa shape index (κ1) is 15.7. The molecule has 0 aromatic carbocycles. The number of hydrogen-bond acceptors (Lipinski definition) is 4. The summed E-state index contributed by atoms with van der Waals surface area (Å²) in [5.41, 5.74) is 1.97. The van der Waals surface area contributed by atoms with Crippen molar-refractivity contribution in [1.29, 1.82) is 0 Å². The van der Waals surface area contributed by atoms with E-state index in [-0.39, 0.29) is 11.9 Å². The fourth-order valence-corrected chi connectivity index (χ4v) is 3.14. The van der Waals surface area contributed by atoms with Crippen molar-refractivity contribution in [2.24, 2.45) is 0 Å². The minimum absolute atomic E-state index is 0.0104. The van der Waals surface area contributed by atoms with E-state index in [1.54, 1.807) is 13.3 Å². The van der Waals surface area contributed by atoms with Crippen molar-refractivity contribution in [1.82, 2.24) is 24.8 Å². The van der Waals surface area contributed by atoms with E-state index in [9.17, 15) is 4.79 Å². The molecule has 124 valence electrons. The Bertz CT molecular complexity index is 684. The van der Waals surface area contributed by atoms with E-state index in [0.717, 1.165) is 36.4 Å². The Morgan fingerprint density at radius 1 is 1.52 bits per heavy atom. The topological polar surface area (TPSA) is 72.3 Å². The van der Waals surface area contributed by atoms with Crippen molar-refractivity contribution in [3.05, 3.63) is 24.3 Å². The zero-order valence-electron chi connectivity index (χ0n) is 13.7. The molecule has 7 nitrogen and oxygen atoms in total. The molecule has 2 aromatic rings. The number of methoxy groups -OCH3 is 1. The van der Waals surface area contributed by atoms with Crippen LogP contribution in [0.2, 0.25) is 0 Å². The van der Waals surface area contributed by atoms with Crippen molar-refractivity contribution in [3.63, 3.8) is 0 Å². The second kappa shape index (κ2) is 6.95. The minimum atomic E-state index is 0.0104. The zero-order chi connectivity index (χ0) is 16.2. The molecule has 1 aliphatic heterocycles. The molecule has 1 atom stereocenters. The molecule has 2 aromatic heterocycles. The summed E-state index contributed by atoms with van der Waals surface area (Å²) in [6.45, 7) is 5.42. The maximum Gasteiger partial charge on any atom is 0.317 e. The van der Waals surface area contributed by atoms with Gasteiger partial charge in [-0.05, 0) is 19.4 Å². The molecular weight excluding hydrogens is 294 g/mol. The molecule has 0 unspecified atom stereocenters. The summed E-state index contributed by atoms with van der Waals surface area (Å²) in [5, 5.41) is 2.86. The Kier molecular flexibility index (Phi) is 4.76. The van der Waals surface area contributed by atoms with Crippen LogP contribution in [-0.2, 0) is 11.3 Å². The predicted octanol–water partition coefficient (Wildman–Crippen LogP) is 1.60. The number of rotatable bonds is 5. The first-order valence-corrected chi connectivity index (χ1v) is 8.06. The SMILES string of the molecule is CCNC(=O)N1CC[C@H](c2nc3ccncc3n2CCOC)C1. The summed E-state index contributed by atoms with van der Waals surface area (Å²) < 4.78 is 7.41. The average molecular weight is 317 g/mol. The Balaban J connectivity index is 1.86. The van der Waals surface area contributed by atoms with E-state index >= 15 is 0 Å². The van der Waals surface area contributed by atoms with Gasteiger partial charge in [0.1, 0.15) is 5.82 Å². The lowest BCUT2D eigenvalue weighted by atomic mass is 10.1. The van der Waals surface area contributed by atoms with Gasteiger partial charge >= 0.3 is 6.03 Å². The van der Waals surface area contributed by atoms with Crippen LogP contribution < -0.4 is 5.32 Å². The summed E-state index contributed by atoms with van der Waals surface area (Å²) >= 11 is 0. The number of aromatic nitrogens is 3. The second-order valence-electron chi connectivity index (χ2n) is 5.75. The number of likely N-dealkylation sites (tertiary alicyclic amines) is 1. The van der Waals surface area contributed by atoms with Crippen LogP contribution in [0.15, 0.2) is 18.5 Å². The van der Waals surface area contributed by atoms with Crippen molar-refractivity contribution >= 4 is 17.1 Å². The predicted molar refractivity (Wildman–Crippen MR) is 87.4 cm³/mol. The fraction of sp³-hybridized carbons (Fsp3) is 0.562. The molecule has 0 saturated carbocycles. The molecule has 0 spiro atoms. The standard InChI is InChI=1S/C16H23N5O2/c1-3-18-16(22)20-7-5-12(11-20)15-19-13-4-6-17-10-14(13)21(15)8-9-23-2/h4,6,10,12H,3,5,7-9,11H2,1-2H3,(H,18,22)/t12-/m0/s1. The second-order valence-corrected chi connectivity index (χ2v) is 5.75. The number of ether oxygens (including phenoxy) is 1. The molecule has 0 aliphatic carbocycles. The summed E-state index contributed by atoms with van der Waals surface area (Å²) in [4.78, 5) is 22.9. The molecule has 1 aliphatic rings. The number of amides is 2. The van der Waals surface area contributed by atoms with Gasteiger partial charge in [-0.2, -0.15) is 0 Å². The van der Waals surface area contributed by atoms with Crippen molar-refractivity contribution in [2.75, 3.05) is 33.4 Å². The van der Waals surface area contributed by atoms with Crippen LogP contribution in [0.5, 0.6) is 0 Å². The summed E-state index contributed by atoms with van der Waals surface area (Å²) in [6.07, 6.45) is 4.54. The largest absolute Gasteiger partial charge is 0.383 e. The van der Waals surface area contributed by atoms with Gasteiger partial charge in [0.2, 0.25) is 0 Å². The third-order valence-corrected chi connectivity index (χ3v) is 4.27. The van der Waals surface area contributed by atoms with E-state index in [2.05, 4.69) is 14.9 Å². The summed E-state index contributed by atoms with van der Waals surface area (Å²) in [6, 6.07) is 1.94. The number of hydrogen-bond donors (Lipinski definition) is 1. The molecule has 0 bridgehead atoms. The van der Waals surface area contributed by atoms with E-state index in [1.807, 2.05) is 24.1 Å². The van der Waals surface area contributed by atoms with Crippen LogP contribution in [0, 0.1) is 0 Å². The molecule has 1 fully saturated rings. The van der Waals surface area contributed by atoms with Crippen LogP contribution in [0.1, 0.15) is 25.1 Å². The van der Waals surface area contributed by atoms with Gasteiger partial charge in [-0.1, -0.05) is 0 Å².